The number of rotatable bonds is 4. The summed E-state index contributed by atoms with van der Waals surface area (Å²) in [4.78, 5) is 51.6. The fourth-order valence-electron chi connectivity index (χ4n) is 6.24. The van der Waals surface area contributed by atoms with Crippen LogP contribution in [0.4, 0.5) is 11.4 Å². The Bertz CT molecular complexity index is 1610. The van der Waals surface area contributed by atoms with Crippen molar-refractivity contribution in [1.29, 1.82) is 0 Å². The third-order valence-corrected chi connectivity index (χ3v) is 13.1. The highest BCUT2D eigenvalue weighted by Gasteiger charge is 2.87. The molecule has 42 heavy (non-hydrogen) atoms. The van der Waals surface area contributed by atoms with Gasteiger partial charge in [-0.25, -0.2) is 4.90 Å². The zero-order valence-corrected chi connectivity index (χ0v) is 27.0. The summed E-state index contributed by atoms with van der Waals surface area (Å²) in [5.74, 6) is -5.28. The van der Waals surface area contributed by atoms with E-state index in [4.69, 9.17) is 85.9 Å². The maximum Gasteiger partial charge on any atom is 0.316 e. The van der Waals surface area contributed by atoms with Crippen LogP contribution in [0.15, 0.2) is 46.5 Å². The minimum Gasteiger partial charge on any atom is -0.426 e. The molecule has 2 aliphatic heterocycles. The molecular formula is C28H19Cl7N2O5. The van der Waals surface area contributed by atoms with E-state index in [9.17, 15) is 19.2 Å². The van der Waals surface area contributed by atoms with Crippen LogP contribution in [-0.4, -0.2) is 44.3 Å². The number of imide groups is 1. The lowest BCUT2D eigenvalue weighted by molar-refractivity contribution is -0.139. The largest absolute Gasteiger partial charge is 0.426 e. The van der Waals surface area contributed by atoms with Gasteiger partial charge in [-0.1, -0.05) is 64.1 Å². The van der Waals surface area contributed by atoms with E-state index in [0.29, 0.717) is 16.3 Å². The molecule has 220 valence electrons. The molecule has 0 N–H and O–H groups in total. The predicted molar refractivity (Wildman–Crippen MR) is 163 cm³/mol. The highest BCUT2D eigenvalue weighted by Crippen LogP contribution is 2.77. The zero-order chi connectivity index (χ0) is 30.7. The van der Waals surface area contributed by atoms with Crippen molar-refractivity contribution in [2.45, 2.75) is 34.3 Å². The number of hydrogen-bond donors (Lipinski definition) is 0. The van der Waals surface area contributed by atoms with Gasteiger partial charge in [-0.3, -0.25) is 19.2 Å². The summed E-state index contributed by atoms with van der Waals surface area (Å²) in [6, 6.07) is 9.66. The van der Waals surface area contributed by atoms with Gasteiger partial charge in [0.2, 0.25) is 17.7 Å². The molecule has 7 nitrogen and oxygen atoms in total. The molecule has 5 atom stereocenters. The van der Waals surface area contributed by atoms with Crippen LogP contribution in [-0.2, 0) is 19.2 Å². The number of alkyl halides is 4. The predicted octanol–water partition coefficient (Wildman–Crippen LogP) is 6.87. The molecule has 14 heteroatoms. The molecule has 2 heterocycles. The minimum atomic E-state index is -2.03. The van der Waals surface area contributed by atoms with Gasteiger partial charge < -0.3 is 9.64 Å². The van der Waals surface area contributed by atoms with E-state index >= 15 is 0 Å². The van der Waals surface area contributed by atoms with Crippen molar-refractivity contribution >= 4 is 116 Å². The quantitative estimate of drug-likeness (QED) is 0.150. The standard InChI is InChI=1S/C28H19Cl7N2O5/c1-11-3-4-14(9-16(11)29)36-10-13(8-18(36)38)25(41)42-15-5-6-17(12(2)7-15)37-23(39)19-20(24(37)40)27(33)22(31)21(30)26(19,32)28(27,34)35/h3-7,9,13,19-20H,8,10H2,1-2H3/t13-,19+,20+,26-,27-/m1/s1. The van der Waals surface area contributed by atoms with Crippen molar-refractivity contribution < 1.29 is 23.9 Å². The van der Waals surface area contributed by atoms with Crippen LogP contribution < -0.4 is 14.5 Å². The molecule has 0 unspecified atom stereocenters. The summed E-state index contributed by atoms with van der Waals surface area (Å²) in [5.41, 5.74) is 2.13. The first-order valence-electron chi connectivity index (χ1n) is 12.7. The number of esters is 1. The number of amides is 3. The second kappa shape index (κ2) is 9.90. The van der Waals surface area contributed by atoms with E-state index in [2.05, 4.69) is 0 Å². The van der Waals surface area contributed by atoms with Crippen molar-refractivity contribution in [3.05, 3.63) is 62.6 Å². The lowest BCUT2D eigenvalue weighted by Gasteiger charge is -2.34. The van der Waals surface area contributed by atoms with E-state index in [0.717, 1.165) is 10.5 Å². The number of nitrogens with zero attached hydrogens (tertiary/aromatic N) is 2. The third kappa shape index (κ3) is 3.81. The Kier molecular flexibility index (Phi) is 7.15. The maximum atomic E-state index is 13.7. The van der Waals surface area contributed by atoms with Crippen LogP contribution in [0.25, 0.3) is 0 Å². The Morgan fingerprint density at radius 3 is 2.00 bits per heavy atom. The summed E-state index contributed by atoms with van der Waals surface area (Å²) in [6.45, 7) is 3.62. The maximum absolute atomic E-state index is 13.7. The number of carbonyl (C=O) groups excluding carboxylic acids is 4. The number of allylic oxidation sites excluding steroid dienone is 2. The molecule has 3 fully saturated rings. The first-order chi connectivity index (χ1) is 19.6. The molecule has 2 bridgehead atoms. The molecule has 6 rings (SSSR count). The normalized spacial score (nSPS) is 31.5. The van der Waals surface area contributed by atoms with Crippen molar-refractivity contribution in [3.63, 3.8) is 0 Å². The Morgan fingerprint density at radius 1 is 0.857 bits per heavy atom. The number of hydrogen-bond acceptors (Lipinski definition) is 5. The number of halogens is 7. The lowest BCUT2D eigenvalue weighted by Crippen LogP contribution is -2.50. The highest BCUT2D eigenvalue weighted by molar-refractivity contribution is 6.67. The average Bonchev–Trinajstić information content (AvgIpc) is 3.51. The SMILES string of the molecule is Cc1ccc(N2C[C@H](C(=O)Oc3ccc(N4C(=O)[C@@H]5[C@@H](C4=O)[C@@]4(Cl)C(Cl)=C(Cl)[C@@]5(Cl)C4(Cl)Cl)c(C)c3)CC2=O)cc1Cl. The number of fused-ring (bicyclic) bond motifs is 5. The van der Waals surface area contributed by atoms with Crippen LogP contribution in [0.3, 0.4) is 0 Å². The first-order valence-corrected chi connectivity index (χ1v) is 15.3. The van der Waals surface area contributed by atoms with Crippen LogP contribution in [0.1, 0.15) is 17.5 Å². The summed E-state index contributed by atoms with van der Waals surface area (Å²) in [5, 5.41) is 0.162. The molecule has 2 aliphatic carbocycles. The van der Waals surface area contributed by atoms with Crippen LogP contribution in [0.5, 0.6) is 5.75 Å². The van der Waals surface area contributed by atoms with Gasteiger partial charge in [0.05, 0.1) is 33.5 Å². The van der Waals surface area contributed by atoms with Gasteiger partial charge in [-0.15, -0.1) is 23.2 Å². The number of anilines is 2. The fourth-order valence-corrected chi connectivity index (χ4v) is 9.34. The van der Waals surface area contributed by atoms with Gasteiger partial charge in [0, 0.05) is 23.7 Å². The van der Waals surface area contributed by atoms with Crippen molar-refractivity contribution in [1.82, 2.24) is 0 Å². The van der Waals surface area contributed by atoms with E-state index in [1.165, 1.54) is 23.1 Å². The second-order valence-corrected chi connectivity index (χ2v) is 14.5. The fraction of sp³-hybridized carbons (Fsp3) is 0.357. The molecular weight excluding hydrogens is 692 g/mol. The minimum absolute atomic E-state index is 0.0247. The summed E-state index contributed by atoms with van der Waals surface area (Å²) in [7, 11) is 0. The van der Waals surface area contributed by atoms with Gasteiger partial charge >= 0.3 is 5.97 Å². The molecule has 3 amide bonds. The van der Waals surface area contributed by atoms with Gasteiger partial charge in [-0.2, -0.15) is 0 Å². The Hall–Kier alpha value is -1.71. The molecule has 2 saturated heterocycles. The molecule has 2 aromatic carbocycles. The van der Waals surface area contributed by atoms with Gasteiger partial charge in [0.25, 0.3) is 0 Å². The van der Waals surface area contributed by atoms with Crippen molar-refractivity contribution in [2.75, 3.05) is 16.3 Å². The first kappa shape index (κ1) is 30.3. The second-order valence-electron chi connectivity index (χ2n) is 10.8. The van der Waals surface area contributed by atoms with Gasteiger partial charge in [0.1, 0.15) is 15.5 Å². The van der Waals surface area contributed by atoms with Gasteiger partial charge in [-0.05, 0) is 55.3 Å². The molecule has 2 aromatic rings. The van der Waals surface area contributed by atoms with E-state index in [1.807, 2.05) is 6.92 Å². The average molecular weight is 712 g/mol. The Balaban J connectivity index is 1.21. The van der Waals surface area contributed by atoms with Crippen LogP contribution in [0, 0.1) is 31.6 Å². The van der Waals surface area contributed by atoms with Gasteiger partial charge in [0.15, 0.2) is 4.33 Å². The number of benzene rings is 2. The zero-order valence-electron chi connectivity index (χ0n) is 21.7. The molecule has 0 radical (unpaired) electrons. The van der Waals surface area contributed by atoms with Crippen LogP contribution in [0.2, 0.25) is 5.02 Å². The smallest absolute Gasteiger partial charge is 0.316 e. The third-order valence-electron chi connectivity index (χ3n) is 8.46. The Labute approximate surface area is 275 Å². The van der Waals surface area contributed by atoms with Crippen LogP contribution >= 0.6 is 81.2 Å². The molecule has 0 aromatic heterocycles. The summed E-state index contributed by atoms with van der Waals surface area (Å²) in [6.07, 6.45) is -0.0247. The lowest BCUT2D eigenvalue weighted by atomic mass is 9.84. The topological polar surface area (TPSA) is 84.0 Å². The van der Waals surface area contributed by atoms with Crippen molar-refractivity contribution in [3.8, 4) is 5.75 Å². The number of carbonyl (C=O) groups is 4. The molecule has 4 aliphatic rings. The van der Waals surface area contributed by atoms with E-state index in [-0.39, 0.29) is 40.4 Å². The van der Waals surface area contributed by atoms with Crippen molar-refractivity contribution in [2.24, 2.45) is 17.8 Å². The monoisotopic (exact) mass is 708 g/mol. The molecule has 0 spiro atoms. The Morgan fingerprint density at radius 2 is 1.45 bits per heavy atom. The number of aryl methyl sites for hydroxylation is 2. The molecule has 1 saturated carbocycles. The number of ether oxygens (including phenoxy) is 1. The van der Waals surface area contributed by atoms with E-state index < -0.39 is 49.6 Å². The highest BCUT2D eigenvalue weighted by atomic mass is 35.5. The van der Waals surface area contributed by atoms with E-state index in [1.54, 1.807) is 25.1 Å². The summed E-state index contributed by atoms with van der Waals surface area (Å²) >= 11 is 45.6. The summed E-state index contributed by atoms with van der Waals surface area (Å²) < 4.78 is 3.55.